The Kier molecular flexibility index (Phi) is 5.15. The van der Waals surface area contributed by atoms with Gasteiger partial charge in [-0.1, -0.05) is 5.16 Å². The van der Waals surface area contributed by atoms with Gasteiger partial charge in [0.25, 0.3) is 5.91 Å². The molecule has 3 heterocycles. The number of alkyl halides is 3. The Morgan fingerprint density at radius 2 is 2.06 bits per heavy atom. The lowest BCUT2D eigenvalue weighted by Gasteiger charge is -2.33. The van der Waals surface area contributed by atoms with Crippen LogP contribution >= 0.6 is 0 Å². The number of amides is 1. The number of carbonyl (C=O) groups excluding carboxylic acids is 1. The number of hydrogen-bond acceptors (Lipinski definition) is 5. The van der Waals surface area contributed by atoms with Crippen molar-refractivity contribution in [3.8, 4) is 5.75 Å². The SMILES string of the molecule is Cc1onc(C(=O)N2CCC(C(F)(F)F)n3nccc32)c1COc1ccc(F)cc1F. The van der Waals surface area contributed by atoms with Crippen LogP contribution in [-0.4, -0.2) is 33.6 Å². The zero-order valence-electron chi connectivity index (χ0n) is 16.0. The fourth-order valence-electron chi connectivity index (χ4n) is 3.36. The summed E-state index contributed by atoms with van der Waals surface area (Å²) in [5.41, 5.74) is 0.0102. The Labute approximate surface area is 172 Å². The van der Waals surface area contributed by atoms with Crippen LogP contribution in [0.1, 0.15) is 34.3 Å². The zero-order valence-corrected chi connectivity index (χ0v) is 16.0. The average molecular weight is 442 g/mol. The number of hydrogen-bond donors (Lipinski definition) is 0. The molecule has 0 saturated heterocycles. The first kappa shape index (κ1) is 20.8. The lowest BCUT2D eigenvalue weighted by Crippen LogP contribution is -2.43. The van der Waals surface area contributed by atoms with Crippen molar-refractivity contribution in [3.63, 3.8) is 0 Å². The van der Waals surface area contributed by atoms with Crippen LogP contribution in [0.15, 0.2) is 35.0 Å². The van der Waals surface area contributed by atoms with Crippen molar-refractivity contribution in [2.75, 3.05) is 11.4 Å². The second-order valence-corrected chi connectivity index (χ2v) is 6.87. The molecular formula is C19H15F5N4O3. The van der Waals surface area contributed by atoms with Gasteiger partial charge in [-0.3, -0.25) is 9.69 Å². The average Bonchev–Trinajstić information content (AvgIpc) is 3.32. The van der Waals surface area contributed by atoms with Gasteiger partial charge in [-0.05, 0) is 25.5 Å². The van der Waals surface area contributed by atoms with E-state index in [0.29, 0.717) is 6.07 Å². The minimum absolute atomic E-state index is 0.0318. The molecule has 4 rings (SSSR count). The number of benzene rings is 1. The number of nitrogens with zero attached hydrogens (tertiary/aromatic N) is 4. The lowest BCUT2D eigenvalue weighted by atomic mass is 10.1. The van der Waals surface area contributed by atoms with Crippen molar-refractivity contribution in [3.05, 3.63) is 59.1 Å². The largest absolute Gasteiger partial charge is 0.486 e. The van der Waals surface area contributed by atoms with Crippen LogP contribution in [0.2, 0.25) is 0 Å². The molecule has 1 unspecified atom stereocenters. The molecule has 0 bridgehead atoms. The summed E-state index contributed by atoms with van der Waals surface area (Å²) in [6.07, 6.45) is -3.72. The maximum atomic E-state index is 13.8. The summed E-state index contributed by atoms with van der Waals surface area (Å²) < 4.78 is 77.8. The van der Waals surface area contributed by atoms with Crippen molar-refractivity contribution in [2.24, 2.45) is 0 Å². The quantitative estimate of drug-likeness (QED) is 0.567. The Bertz CT molecular complexity index is 1120. The van der Waals surface area contributed by atoms with Gasteiger partial charge in [0, 0.05) is 18.7 Å². The topological polar surface area (TPSA) is 73.4 Å². The number of aryl methyl sites for hydroxylation is 1. The molecule has 1 aliphatic heterocycles. The molecule has 0 spiro atoms. The lowest BCUT2D eigenvalue weighted by molar-refractivity contribution is -0.172. The van der Waals surface area contributed by atoms with E-state index in [-0.39, 0.29) is 48.2 Å². The molecule has 1 aliphatic rings. The van der Waals surface area contributed by atoms with Crippen LogP contribution in [0.5, 0.6) is 5.75 Å². The Morgan fingerprint density at radius 3 is 2.77 bits per heavy atom. The minimum atomic E-state index is -4.52. The summed E-state index contributed by atoms with van der Waals surface area (Å²) in [6.45, 7) is 0.967. The number of aromatic nitrogens is 3. The molecule has 0 radical (unpaired) electrons. The summed E-state index contributed by atoms with van der Waals surface area (Å²) in [6, 6.07) is 2.21. The van der Waals surface area contributed by atoms with Gasteiger partial charge in [0.2, 0.25) is 0 Å². The Hall–Kier alpha value is -3.44. The van der Waals surface area contributed by atoms with Crippen LogP contribution in [-0.2, 0) is 6.61 Å². The van der Waals surface area contributed by atoms with E-state index in [9.17, 15) is 26.7 Å². The van der Waals surface area contributed by atoms with Crippen molar-refractivity contribution in [1.29, 1.82) is 0 Å². The van der Waals surface area contributed by atoms with E-state index in [2.05, 4.69) is 10.3 Å². The molecule has 164 valence electrons. The predicted molar refractivity (Wildman–Crippen MR) is 95.5 cm³/mol. The van der Waals surface area contributed by atoms with E-state index in [1.165, 1.54) is 19.2 Å². The van der Waals surface area contributed by atoms with Crippen LogP contribution in [0, 0.1) is 18.6 Å². The third-order valence-corrected chi connectivity index (χ3v) is 4.92. The fraction of sp³-hybridized carbons (Fsp3) is 0.316. The number of carbonyl (C=O) groups is 1. The highest BCUT2D eigenvalue weighted by Gasteiger charge is 2.46. The van der Waals surface area contributed by atoms with Crippen LogP contribution in [0.4, 0.5) is 27.8 Å². The smallest absolute Gasteiger partial charge is 0.410 e. The maximum Gasteiger partial charge on any atom is 0.410 e. The first-order valence-electron chi connectivity index (χ1n) is 9.12. The molecule has 1 atom stereocenters. The summed E-state index contributed by atoms with van der Waals surface area (Å²) in [5, 5.41) is 7.43. The second kappa shape index (κ2) is 7.67. The Morgan fingerprint density at radius 1 is 1.29 bits per heavy atom. The minimum Gasteiger partial charge on any atom is -0.486 e. The number of anilines is 1. The molecule has 0 saturated carbocycles. The fourth-order valence-corrected chi connectivity index (χ4v) is 3.36. The van der Waals surface area contributed by atoms with Gasteiger partial charge in [0.05, 0.1) is 11.8 Å². The van der Waals surface area contributed by atoms with Gasteiger partial charge in [-0.25, -0.2) is 13.5 Å². The number of fused-ring (bicyclic) bond motifs is 1. The van der Waals surface area contributed by atoms with E-state index in [0.717, 1.165) is 21.7 Å². The van der Waals surface area contributed by atoms with Crippen LogP contribution < -0.4 is 9.64 Å². The Balaban J connectivity index is 1.59. The number of ether oxygens (including phenoxy) is 1. The van der Waals surface area contributed by atoms with E-state index in [4.69, 9.17) is 9.26 Å². The van der Waals surface area contributed by atoms with Gasteiger partial charge < -0.3 is 9.26 Å². The highest BCUT2D eigenvalue weighted by atomic mass is 19.4. The summed E-state index contributed by atoms with van der Waals surface area (Å²) >= 11 is 0. The van der Waals surface area contributed by atoms with Crippen molar-refractivity contribution in [2.45, 2.75) is 32.2 Å². The monoisotopic (exact) mass is 442 g/mol. The molecule has 31 heavy (non-hydrogen) atoms. The molecule has 3 aromatic rings. The van der Waals surface area contributed by atoms with Gasteiger partial charge in [0.15, 0.2) is 23.3 Å². The molecule has 12 heteroatoms. The number of halogens is 5. The van der Waals surface area contributed by atoms with E-state index < -0.39 is 29.8 Å². The standard InChI is InChI=1S/C19H15F5N4O3/c1-10-12(9-30-14-3-2-11(20)8-13(14)21)17(26-31-10)18(29)27-7-5-15(19(22,23)24)28-16(27)4-6-25-28/h2-4,6,8,15H,5,7,9H2,1H3. The van der Waals surface area contributed by atoms with Crippen LogP contribution in [0.3, 0.4) is 0 Å². The van der Waals surface area contributed by atoms with Crippen molar-refractivity contribution in [1.82, 2.24) is 14.9 Å². The normalized spacial score (nSPS) is 16.3. The van der Waals surface area contributed by atoms with Crippen molar-refractivity contribution < 1.29 is 36.0 Å². The summed E-state index contributed by atoms with van der Waals surface area (Å²) in [5.74, 6) is -2.48. The number of rotatable bonds is 4. The highest BCUT2D eigenvalue weighted by molar-refractivity contribution is 6.05. The first-order valence-corrected chi connectivity index (χ1v) is 9.12. The highest BCUT2D eigenvalue weighted by Crippen LogP contribution is 2.39. The first-order chi connectivity index (χ1) is 14.7. The third kappa shape index (κ3) is 3.84. The maximum absolute atomic E-state index is 13.8. The summed E-state index contributed by atoms with van der Waals surface area (Å²) in [4.78, 5) is 14.2. The van der Waals surface area contributed by atoms with Crippen molar-refractivity contribution >= 4 is 11.7 Å². The summed E-state index contributed by atoms with van der Waals surface area (Å²) in [7, 11) is 0. The molecule has 1 amide bonds. The predicted octanol–water partition coefficient (Wildman–Crippen LogP) is 4.19. The van der Waals surface area contributed by atoms with Gasteiger partial charge in [0.1, 0.15) is 24.0 Å². The molecule has 2 aromatic heterocycles. The third-order valence-electron chi connectivity index (χ3n) is 4.92. The second-order valence-electron chi connectivity index (χ2n) is 6.87. The molecule has 0 N–H and O–H groups in total. The van der Waals surface area contributed by atoms with Gasteiger partial charge in [-0.2, -0.15) is 18.3 Å². The molecule has 7 nitrogen and oxygen atoms in total. The molecule has 1 aromatic carbocycles. The molecule has 0 fully saturated rings. The van der Waals surface area contributed by atoms with Crippen LogP contribution in [0.25, 0.3) is 0 Å². The van der Waals surface area contributed by atoms with Gasteiger partial charge >= 0.3 is 6.18 Å². The molecular weight excluding hydrogens is 427 g/mol. The van der Waals surface area contributed by atoms with E-state index >= 15 is 0 Å². The van der Waals surface area contributed by atoms with E-state index in [1.54, 1.807) is 0 Å². The molecule has 0 aliphatic carbocycles. The van der Waals surface area contributed by atoms with Gasteiger partial charge in [-0.15, -0.1) is 0 Å². The van der Waals surface area contributed by atoms with E-state index in [1.807, 2.05) is 0 Å². The zero-order chi connectivity index (χ0) is 22.3.